The number of hydrogen-bond donors (Lipinski definition) is 3. The first-order valence-electron chi connectivity index (χ1n) is 5.58. The van der Waals surface area contributed by atoms with Gasteiger partial charge in [0.05, 0.1) is 6.21 Å². The molecule has 1 saturated carbocycles. The lowest BCUT2D eigenvalue weighted by Crippen LogP contribution is -2.38. The minimum atomic E-state index is -0.781. The van der Waals surface area contributed by atoms with Gasteiger partial charge in [-0.05, 0) is 42.7 Å². The van der Waals surface area contributed by atoms with E-state index in [4.69, 9.17) is 5.11 Å². The minimum absolute atomic E-state index is 0.143. The van der Waals surface area contributed by atoms with Crippen molar-refractivity contribution in [3.8, 4) is 5.75 Å². The van der Waals surface area contributed by atoms with Crippen molar-refractivity contribution in [3.05, 3.63) is 29.8 Å². The zero-order chi connectivity index (χ0) is 13.0. The average molecular weight is 247 g/mol. The van der Waals surface area contributed by atoms with Gasteiger partial charge in [-0.2, -0.15) is 5.10 Å². The molecular weight excluding hydrogens is 234 g/mol. The Labute approximate surface area is 104 Å². The molecule has 0 aromatic heterocycles. The Balaban J connectivity index is 1.80. The van der Waals surface area contributed by atoms with Crippen molar-refractivity contribution in [2.45, 2.75) is 18.9 Å². The van der Waals surface area contributed by atoms with E-state index >= 15 is 0 Å². The fourth-order valence-corrected chi connectivity index (χ4v) is 1.26. The van der Waals surface area contributed by atoms with Gasteiger partial charge in [0.2, 0.25) is 0 Å². The number of rotatable bonds is 3. The fraction of sp³-hybridized carbons (Fsp3) is 0.250. The molecule has 2 rings (SSSR count). The van der Waals surface area contributed by atoms with Gasteiger partial charge in [0.1, 0.15) is 5.75 Å². The molecule has 2 amide bonds. The lowest BCUT2D eigenvalue weighted by atomic mass is 10.2. The third-order valence-corrected chi connectivity index (χ3v) is 2.39. The average Bonchev–Trinajstić information content (AvgIpc) is 3.15. The number of amides is 2. The minimum Gasteiger partial charge on any atom is -0.508 e. The summed E-state index contributed by atoms with van der Waals surface area (Å²) in [6, 6.07) is 6.42. The molecule has 0 spiro atoms. The van der Waals surface area contributed by atoms with Gasteiger partial charge in [-0.3, -0.25) is 9.59 Å². The maximum absolute atomic E-state index is 11.3. The highest BCUT2D eigenvalue weighted by molar-refractivity contribution is 6.35. The highest BCUT2D eigenvalue weighted by Crippen LogP contribution is 2.18. The van der Waals surface area contributed by atoms with Crippen LogP contribution in [0, 0.1) is 0 Å². The van der Waals surface area contributed by atoms with E-state index in [1.807, 2.05) is 0 Å². The van der Waals surface area contributed by atoms with Gasteiger partial charge in [-0.25, -0.2) is 5.43 Å². The molecule has 1 aromatic rings. The molecule has 1 aliphatic carbocycles. The summed E-state index contributed by atoms with van der Waals surface area (Å²) in [4.78, 5) is 22.5. The molecule has 6 heteroatoms. The van der Waals surface area contributed by atoms with E-state index in [9.17, 15) is 9.59 Å². The molecule has 94 valence electrons. The smallest absolute Gasteiger partial charge is 0.329 e. The van der Waals surface area contributed by atoms with E-state index in [0.29, 0.717) is 5.56 Å². The van der Waals surface area contributed by atoms with E-state index in [-0.39, 0.29) is 11.8 Å². The Bertz CT molecular complexity index is 478. The largest absolute Gasteiger partial charge is 0.508 e. The normalized spacial score (nSPS) is 14.4. The highest BCUT2D eigenvalue weighted by Gasteiger charge is 2.26. The van der Waals surface area contributed by atoms with Gasteiger partial charge in [-0.1, -0.05) is 0 Å². The number of benzene rings is 1. The van der Waals surface area contributed by atoms with E-state index in [0.717, 1.165) is 12.8 Å². The number of hydrogen-bond acceptors (Lipinski definition) is 4. The van der Waals surface area contributed by atoms with E-state index < -0.39 is 11.8 Å². The Morgan fingerprint density at radius 2 is 1.89 bits per heavy atom. The van der Waals surface area contributed by atoms with Crippen molar-refractivity contribution in [3.63, 3.8) is 0 Å². The van der Waals surface area contributed by atoms with E-state index in [1.54, 1.807) is 12.1 Å². The van der Waals surface area contributed by atoms with Crippen LogP contribution < -0.4 is 10.7 Å². The molecule has 0 unspecified atom stereocenters. The second-order valence-electron chi connectivity index (χ2n) is 4.04. The summed E-state index contributed by atoms with van der Waals surface area (Å²) in [5.74, 6) is -1.29. The summed E-state index contributed by atoms with van der Waals surface area (Å²) in [7, 11) is 0. The number of carbonyl (C=O) groups excluding carboxylic acids is 2. The molecule has 1 aliphatic rings. The van der Waals surface area contributed by atoms with Crippen molar-refractivity contribution >= 4 is 18.0 Å². The van der Waals surface area contributed by atoms with E-state index in [1.165, 1.54) is 18.3 Å². The van der Waals surface area contributed by atoms with Gasteiger partial charge >= 0.3 is 11.8 Å². The van der Waals surface area contributed by atoms with Crippen LogP contribution in [0.5, 0.6) is 5.75 Å². The molecule has 1 fully saturated rings. The molecular formula is C12H13N3O3. The first kappa shape index (κ1) is 12.1. The first-order valence-corrected chi connectivity index (χ1v) is 5.58. The van der Waals surface area contributed by atoms with Crippen molar-refractivity contribution < 1.29 is 14.7 Å². The van der Waals surface area contributed by atoms with Gasteiger partial charge in [-0.15, -0.1) is 0 Å². The lowest BCUT2D eigenvalue weighted by Gasteiger charge is -2.00. The van der Waals surface area contributed by atoms with Crippen molar-refractivity contribution in [1.82, 2.24) is 10.7 Å². The number of carbonyl (C=O) groups is 2. The van der Waals surface area contributed by atoms with Crippen molar-refractivity contribution in [2.75, 3.05) is 0 Å². The van der Waals surface area contributed by atoms with Crippen LogP contribution in [0.15, 0.2) is 29.4 Å². The zero-order valence-corrected chi connectivity index (χ0v) is 9.59. The summed E-state index contributed by atoms with van der Waals surface area (Å²) in [6.45, 7) is 0. The predicted molar refractivity (Wildman–Crippen MR) is 65.0 cm³/mol. The molecule has 0 bridgehead atoms. The van der Waals surface area contributed by atoms with Gasteiger partial charge in [0, 0.05) is 6.04 Å². The van der Waals surface area contributed by atoms with E-state index in [2.05, 4.69) is 15.8 Å². The van der Waals surface area contributed by atoms with Crippen LogP contribution in [0.1, 0.15) is 18.4 Å². The fourth-order valence-electron chi connectivity index (χ4n) is 1.26. The SMILES string of the molecule is O=C(N/N=C/c1ccc(O)cc1)C(=O)NC1CC1. The summed E-state index contributed by atoms with van der Waals surface area (Å²) < 4.78 is 0. The topological polar surface area (TPSA) is 90.8 Å². The molecule has 0 radical (unpaired) electrons. The third-order valence-electron chi connectivity index (χ3n) is 2.39. The van der Waals surface area contributed by atoms with Crippen molar-refractivity contribution in [2.24, 2.45) is 5.10 Å². The Kier molecular flexibility index (Phi) is 3.57. The lowest BCUT2D eigenvalue weighted by molar-refractivity contribution is -0.139. The van der Waals surface area contributed by atoms with Crippen LogP contribution >= 0.6 is 0 Å². The molecule has 0 atom stereocenters. The monoisotopic (exact) mass is 247 g/mol. The van der Waals surface area contributed by atoms with Crippen LogP contribution in [0.4, 0.5) is 0 Å². The summed E-state index contributed by atoms with van der Waals surface area (Å²) in [5.41, 5.74) is 2.84. The van der Waals surface area contributed by atoms with Gasteiger partial charge in [0.25, 0.3) is 0 Å². The van der Waals surface area contributed by atoms with Gasteiger partial charge < -0.3 is 10.4 Å². The van der Waals surface area contributed by atoms with Crippen LogP contribution in [0.25, 0.3) is 0 Å². The van der Waals surface area contributed by atoms with Crippen LogP contribution in [-0.2, 0) is 9.59 Å². The summed E-state index contributed by atoms with van der Waals surface area (Å²) >= 11 is 0. The maximum Gasteiger partial charge on any atom is 0.329 e. The summed E-state index contributed by atoms with van der Waals surface area (Å²) in [5, 5.41) is 15.3. The molecule has 0 aliphatic heterocycles. The van der Waals surface area contributed by atoms with Gasteiger partial charge in [0.15, 0.2) is 0 Å². The summed E-state index contributed by atoms with van der Waals surface area (Å²) in [6.07, 6.45) is 3.24. The zero-order valence-electron chi connectivity index (χ0n) is 9.59. The maximum atomic E-state index is 11.3. The molecule has 0 heterocycles. The first-order chi connectivity index (χ1) is 8.65. The number of nitrogens with zero attached hydrogens (tertiary/aromatic N) is 1. The highest BCUT2D eigenvalue weighted by atomic mass is 16.3. The molecule has 1 aromatic carbocycles. The quantitative estimate of drug-likeness (QED) is 0.402. The molecule has 3 N–H and O–H groups in total. The number of nitrogens with one attached hydrogen (secondary N) is 2. The van der Waals surface area contributed by atoms with Crippen LogP contribution in [-0.4, -0.2) is 29.2 Å². The van der Waals surface area contributed by atoms with Crippen LogP contribution in [0.2, 0.25) is 0 Å². The third kappa shape index (κ3) is 3.58. The molecule has 6 nitrogen and oxygen atoms in total. The van der Waals surface area contributed by atoms with Crippen LogP contribution in [0.3, 0.4) is 0 Å². The number of phenols is 1. The standard InChI is InChI=1S/C12H13N3O3/c16-10-5-1-8(2-6-10)7-13-15-12(18)11(17)14-9-3-4-9/h1-2,5-7,9,16H,3-4H2,(H,14,17)(H,15,18)/b13-7+. The Morgan fingerprint density at radius 1 is 1.22 bits per heavy atom. The number of aromatic hydroxyl groups is 1. The predicted octanol–water partition coefficient (Wildman–Crippen LogP) is 0.121. The molecule has 0 saturated heterocycles. The molecule has 18 heavy (non-hydrogen) atoms. The van der Waals surface area contributed by atoms with Crippen molar-refractivity contribution in [1.29, 1.82) is 0 Å². The number of phenolic OH excluding ortho intramolecular Hbond substituents is 1. The number of hydrazone groups is 1. The second-order valence-corrected chi connectivity index (χ2v) is 4.04. The Morgan fingerprint density at radius 3 is 2.50 bits per heavy atom. The Hall–Kier alpha value is -2.37. The second kappa shape index (κ2) is 5.31.